The predicted molar refractivity (Wildman–Crippen MR) is 107 cm³/mol. The highest BCUT2D eigenvalue weighted by molar-refractivity contribution is 7.71. The van der Waals surface area contributed by atoms with Crippen molar-refractivity contribution >= 4 is 18.2 Å². The van der Waals surface area contributed by atoms with Crippen LogP contribution in [0, 0.1) is 18.6 Å². The highest BCUT2D eigenvalue weighted by Gasteiger charge is 2.22. The Bertz CT molecular complexity index is 971. The third kappa shape index (κ3) is 3.77. The van der Waals surface area contributed by atoms with Crippen molar-refractivity contribution in [3.63, 3.8) is 0 Å². The van der Waals surface area contributed by atoms with Crippen molar-refractivity contribution in [1.29, 1.82) is 0 Å². The zero-order valence-electron chi connectivity index (χ0n) is 15.7. The van der Waals surface area contributed by atoms with Crippen molar-refractivity contribution in [2.75, 3.05) is 31.1 Å². The Morgan fingerprint density at radius 2 is 1.85 bits per heavy atom. The van der Waals surface area contributed by atoms with Gasteiger partial charge in [-0.2, -0.15) is 9.78 Å². The van der Waals surface area contributed by atoms with E-state index in [0.717, 1.165) is 49.3 Å². The first-order chi connectivity index (χ1) is 13.1. The molecule has 2 aromatic heterocycles. The minimum atomic E-state index is 0.741. The van der Waals surface area contributed by atoms with E-state index in [4.69, 9.17) is 12.2 Å². The molecule has 1 saturated heterocycles. The van der Waals surface area contributed by atoms with Gasteiger partial charge in [-0.15, -0.1) is 0 Å². The molecule has 140 valence electrons. The molecule has 1 aromatic carbocycles. The number of aromatic nitrogens is 5. The second-order valence-electron chi connectivity index (χ2n) is 7.02. The lowest BCUT2D eigenvalue weighted by atomic mass is 10.1. The van der Waals surface area contributed by atoms with Crippen LogP contribution in [0.25, 0.3) is 5.69 Å². The number of anilines is 1. The first kappa shape index (κ1) is 17.8. The van der Waals surface area contributed by atoms with Crippen molar-refractivity contribution in [3.8, 4) is 5.69 Å². The van der Waals surface area contributed by atoms with E-state index in [0.29, 0.717) is 0 Å². The Kier molecular flexibility index (Phi) is 5.00. The zero-order valence-corrected chi connectivity index (χ0v) is 16.5. The largest absolute Gasteiger partial charge is 0.330 e. The normalized spacial score (nSPS) is 15.3. The number of aryl methyl sites for hydroxylation is 2. The van der Waals surface area contributed by atoms with Crippen LogP contribution in [0.3, 0.4) is 0 Å². The summed E-state index contributed by atoms with van der Waals surface area (Å²) in [6.45, 7) is 8.86. The number of nitrogens with one attached hydrogen (secondary N) is 1. The van der Waals surface area contributed by atoms with E-state index in [1.54, 1.807) is 12.4 Å². The molecule has 8 heteroatoms. The lowest BCUT2D eigenvalue weighted by Crippen LogP contribution is -3.14. The molecule has 0 unspecified atom stereocenters. The number of piperazine rings is 1. The minimum absolute atomic E-state index is 0.741. The topological polar surface area (TPSA) is 56.2 Å². The van der Waals surface area contributed by atoms with Crippen molar-refractivity contribution < 1.29 is 4.90 Å². The fourth-order valence-electron chi connectivity index (χ4n) is 3.44. The van der Waals surface area contributed by atoms with Crippen LogP contribution in [-0.4, -0.2) is 50.5 Å². The third-order valence-corrected chi connectivity index (χ3v) is 5.44. The molecular weight excluding hydrogens is 358 g/mol. The summed E-state index contributed by atoms with van der Waals surface area (Å²) in [5, 5.41) is 4.55. The Labute approximate surface area is 163 Å². The average molecular weight is 383 g/mol. The molecule has 0 bridgehead atoms. The number of hydrogen-bond acceptors (Lipinski definition) is 5. The van der Waals surface area contributed by atoms with Gasteiger partial charge in [-0.3, -0.25) is 4.57 Å². The molecule has 1 N–H and O–H groups in total. The standard InChI is InChI=1S/C19H23N7S/c1-15-4-5-16(2)17(12-15)25-13-22-26(19(25)27)14-23-8-10-24(11-9-23)18-20-6-3-7-21-18/h3-7,12-13H,8-11,14H2,1-2H3/p+1. The highest BCUT2D eigenvalue weighted by Crippen LogP contribution is 2.16. The molecule has 1 aliphatic rings. The van der Waals surface area contributed by atoms with Crippen LogP contribution in [-0.2, 0) is 6.67 Å². The second kappa shape index (κ2) is 7.58. The van der Waals surface area contributed by atoms with E-state index in [1.807, 2.05) is 21.6 Å². The van der Waals surface area contributed by atoms with E-state index in [-0.39, 0.29) is 0 Å². The van der Waals surface area contributed by atoms with Gasteiger partial charge in [0.15, 0.2) is 6.67 Å². The number of nitrogens with zero attached hydrogens (tertiary/aromatic N) is 6. The molecule has 3 heterocycles. The molecule has 27 heavy (non-hydrogen) atoms. The van der Waals surface area contributed by atoms with Gasteiger partial charge in [0.05, 0.1) is 31.9 Å². The first-order valence-electron chi connectivity index (χ1n) is 9.19. The molecule has 7 nitrogen and oxygen atoms in total. The molecule has 4 rings (SSSR count). The van der Waals surface area contributed by atoms with Gasteiger partial charge in [-0.1, -0.05) is 12.1 Å². The van der Waals surface area contributed by atoms with Crippen LogP contribution >= 0.6 is 12.2 Å². The summed E-state index contributed by atoms with van der Waals surface area (Å²) in [5.41, 5.74) is 3.52. The molecule has 3 aromatic rings. The summed E-state index contributed by atoms with van der Waals surface area (Å²) in [4.78, 5) is 12.4. The maximum Gasteiger partial charge on any atom is 0.225 e. The monoisotopic (exact) mass is 382 g/mol. The Morgan fingerprint density at radius 1 is 1.11 bits per heavy atom. The molecule has 0 atom stereocenters. The van der Waals surface area contributed by atoms with Crippen molar-refractivity contribution in [2.24, 2.45) is 0 Å². The summed E-state index contributed by atoms with van der Waals surface area (Å²) >= 11 is 5.70. The van der Waals surface area contributed by atoms with Crippen molar-refractivity contribution in [2.45, 2.75) is 20.5 Å². The number of quaternary nitrogens is 1. The van der Waals surface area contributed by atoms with Crippen LogP contribution in [0.15, 0.2) is 43.0 Å². The van der Waals surface area contributed by atoms with E-state index in [2.05, 4.69) is 52.0 Å². The SMILES string of the molecule is Cc1ccc(C)c(-n2cnn(C[NH+]3CCN(c4ncccn4)CC3)c2=S)c1. The molecule has 0 amide bonds. The van der Waals surface area contributed by atoms with E-state index in [9.17, 15) is 0 Å². The maximum absolute atomic E-state index is 5.70. The Morgan fingerprint density at radius 3 is 2.59 bits per heavy atom. The third-order valence-electron chi connectivity index (χ3n) is 5.04. The summed E-state index contributed by atoms with van der Waals surface area (Å²) in [6.07, 6.45) is 5.42. The van der Waals surface area contributed by atoms with Crippen molar-refractivity contribution in [1.82, 2.24) is 24.3 Å². The van der Waals surface area contributed by atoms with Gasteiger partial charge in [0.25, 0.3) is 0 Å². The molecular formula is C19H24N7S+. The molecule has 0 radical (unpaired) electrons. The van der Waals surface area contributed by atoms with Gasteiger partial charge >= 0.3 is 0 Å². The second-order valence-corrected chi connectivity index (χ2v) is 7.38. The van der Waals surface area contributed by atoms with Gasteiger partial charge in [0, 0.05) is 12.4 Å². The molecule has 1 fully saturated rings. The predicted octanol–water partition coefficient (Wildman–Crippen LogP) is 1.17. The highest BCUT2D eigenvalue weighted by atomic mass is 32.1. The first-order valence-corrected chi connectivity index (χ1v) is 9.60. The van der Waals surface area contributed by atoms with Gasteiger partial charge in [0.2, 0.25) is 10.7 Å². The molecule has 1 aliphatic heterocycles. The van der Waals surface area contributed by atoms with E-state index < -0.39 is 0 Å². The summed E-state index contributed by atoms with van der Waals surface area (Å²) in [5.74, 6) is 0.812. The van der Waals surface area contributed by atoms with Gasteiger partial charge in [-0.05, 0) is 49.3 Å². The Balaban J connectivity index is 1.45. The number of rotatable bonds is 4. The maximum atomic E-state index is 5.70. The number of benzene rings is 1. The van der Waals surface area contributed by atoms with Crippen LogP contribution in [0.5, 0.6) is 0 Å². The fourth-order valence-corrected chi connectivity index (χ4v) is 3.69. The fraction of sp³-hybridized carbons (Fsp3) is 0.368. The minimum Gasteiger partial charge on any atom is -0.330 e. The van der Waals surface area contributed by atoms with E-state index in [1.165, 1.54) is 16.0 Å². The Hall–Kier alpha value is -2.58. The summed E-state index contributed by atoms with van der Waals surface area (Å²) in [6, 6.07) is 8.24. The van der Waals surface area contributed by atoms with E-state index >= 15 is 0 Å². The average Bonchev–Trinajstić information content (AvgIpc) is 3.05. The lowest BCUT2D eigenvalue weighted by Gasteiger charge is -2.31. The van der Waals surface area contributed by atoms with Crippen molar-refractivity contribution in [3.05, 3.63) is 58.9 Å². The molecule has 0 spiro atoms. The quantitative estimate of drug-likeness (QED) is 0.687. The van der Waals surface area contributed by atoms with Crippen LogP contribution < -0.4 is 9.80 Å². The lowest BCUT2D eigenvalue weighted by molar-refractivity contribution is -0.924. The smallest absolute Gasteiger partial charge is 0.225 e. The summed E-state index contributed by atoms with van der Waals surface area (Å²) in [7, 11) is 0. The molecule has 0 aliphatic carbocycles. The zero-order chi connectivity index (χ0) is 18.8. The van der Waals surface area contributed by atoms with Gasteiger partial charge < -0.3 is 9.80 Å². The van der Waals surface area contributed by atoms with Crippen LogP contribution in [0.2, 0.25) is 0 Å². The van der Waals surface area contributed by atoms with Crippen LogP contribution in [0.1, 0.15) is 11.1 Å². The summed E-state index contributed by atoms with van der Waals surface area (Å²) < 4.78 is 4.68. The molecule has 0 saturated carbocycles. The van der Waals surface area contributed by atoms with Gasteiger partial charge in [-0.25, -0.2) is 9.97 Å². The van der Waals surface area contributed by atoms with Crippen LogP contribution in [0.4, 0.5) is 5.95 Å². The number of hydrogen-bond donors (Lipinski definition) is 1. The van der Waals surface area contributed by atoms with Gasteiger partial charge in [0.1, 0.15) is 6.33 Å².